The predicted octanol–water partition coefficient (Wildman–Crippen LogP) is 1.90. The third-order valence-electron chi connectivity index (χ3n) is 14.1. The number of aliphatic hydroxyl groups excluding tert-OH is 6. The fourth-order valence-corrected chi connectivity index (χ4v) is 10.4. The summed E-state index contributed by atoms with van der Waals surface area (Å²) in [7, 11) is 0. The zero-order valence-corrected chi connectivity index (χ0v) is 43.5. The van der Waals surface area contributed by atoms with Crippen LogP contribution in [0.1, 0.15) is 66.8 Å². The van der Waals surface area contributed by atoms with Crippen LogP contribution in [0, 0.1) is 0 Å². The van der Waals surface area contributed by atoms with E-state index < -0.39 is 67.5 Å². The van der Waals surface area contributed by atoms with E-state index in [0.717, 1.165) is 39.1 Å². The molecule has 1 aliphatic carbocycles. The van der Waals surface area contributed by atoms with E-state index in [9.17, 15) is 35.4 Å². The molecule has 6 unspecified atom stereocenters. The lowest BCUT2D eigenvalue weighted by Crippen LogP contribution is -3.00. The third-order valence-corrected chi connectivity index (χ3v) is 14.1. The molecule has 2 saturated heterocycles. The molecule has 6 aromatic rings. The summed E-state index contributed by atoms with van der Waals surface area (Å²) < 4.78 is 39.8. The SMILES string of the molecule is CCn1c(CNC(=O)OCC2c3ccccc3-c3ccccc32)[n+](CC)c2ccc(OCCCN(CC(O)C(O)[C@@H]3OC(c4ccccc4)OC[C@H]3O)CC(O)C(O)[C@@H]3OC(c4ccccc4)OC[C@H]3O)cc21.Cl.[Cl-]. The van der Waals surface area contributed by atoms with E-state index in [-0.39, 0.29) is 83.3 Å². The summed E-state index contributed by atoms with van der Waals surface area (Å²) in [6, 6.07) is 40.4. The van der Waals surface area contributed by atoms with Crippen molar-refractivity contribution in [2.75, 3.05) is 46.1 Å². The monoisotopic (exact) mass is 1070 g/mol. The predicted molar refractivity (Wildman–Crippen MR) is 275 cm³/mol. The molecule has 1 aromatic heterocycles. The highest BCUT2D eigenvalue weighted by atomic mass is 35.5. The van der Waals surface area contributed by atoms with Crippen LogP contribution in [0.4, 0.5) is 4.79 Å². The first-order chi connectivity index (χ1) is 35.5. The van der Waals surface area contributed by atoms with Crippen molar-refractivity contribution >= 4 is 29.5 Å². The van der Waals surface area contributed by atoms with Gasteiger partial charge in [0, 0.05) is 42.7 Å². The Kier molecular flexibility index (Phi) is 20.5. The zero-order valence-electron chi connectivity index (χ0n) is 41.9. The quantitative estimate of drug-likeness (QED) is 0.0405. The molecular weight excluding hydrogens is 1010 g/mol. The minimum absolute atomic E-state index is 0. The molecule has 75 heavy (non-hydrogen) atoms. The minimum atomic E-state index is -1.57. The molecule has 7 N–H and O–H groups in total. The van der Waals surface area contributed by atoms with Crippen LogP contribution in [0.3, 0.4) is 0 Å². The molecule has 9 rings (SSSR count). The van der Waals surface area contributed by atoms with E-state index in [4.69, 9.17) is 28.4 Å². The Morgan fingerprint density at radius 3 is 1.79 bits per heavy atom. The summed E-state index contributed by atoms with van der Waals surface area (Å²) in [4.78, 5) is 14.9. The molecule has 17 nitrogen and oxygen atoms in total. The number of aliphatic hydroxyl groups is 6. The van der Waals surface area contributed by atoms with Crippen molar-refractivity contribution in [1.82, 2.24) is 14.8 Å². The molecule has 0 bridgehead atoms. The number of aryl methyl sites for hydroxylation is 2. The maximum atomic E-state index is 13.3. The van der Waals surface area contributed by atoms with Crippen LogP contribution < -0.4 is 27.0 Å². The summed E-state index contributed by atoms with van der Waals surface area (Å²) in [6.07, 6.45) is -12.8. The molecule has 0 radical (unpaired) electrons. The van der Waals surface area contributed by atoms with E-state index in [0.29, 0.717) is 36.4 Å². The van der Waals surface area contributed by atoms with Gasteiger partial charge in [-0.05, 0) is 54.7 Å². The number of nitrogens with zero attached hydrogens (tertiary/aromatic N) is 3. The Balaban J connectivity index is 0.00000410. The summed E-state index contributed by atoms with van der Waals surface area (Å²) in [5.74, 6) is 1.45. The van der Waals surface area contributed by atoms with E-state index >= 15 is 0 Å². The van der Waals surface area contributed by atoms with Gasteiger partial charge in [0.15, 0.2) is 23.6 Å². The van der Waals surface area contributed by atoms with Crippen molar-refractivity contribution in [2.45, 2.75) is 107 Å². The lowest BCUT2D eigenvalue weighted by atomic mass is 9.98. The van der Waals surface area contributed by atoms with Crippen molar-refractivity contribution in [3.05, 3.63) is 155 Å². The topological polar surface area (TPSA) is 218 Å². The van der Waals surface area contributed by atoms with Crippen molar-refractivity contribution in [3.63, 3.8) is 0 Å². The molecule has 2 fully saturated rings. The van der Waals surface area contributed by atoms with Gasteiger partial charge in [-0.25, -0.2) is 13.9 Å². The largest absolute Gasteiger partial charge is 1.00 e. The standard InChI is InChI=1S/C56H66N4O13.2ClH/c1-3-59-43-25-24-37(28-44(43)60(4-2)49(59)29-57-56(67)71-32-42-40-22-13-11-20-38(40)39-21-12-14-23-41(39)42)68-27-15-26-58(30-45(61)50(65)52-47(63)33-69-54(72-52)35-16-7-5-8-17-35)31-46(62)51(66)53-48(64)34-70-55(73-53)36-18-9-6-10-19-36;;/h5-14,16-25,28,42,45-48,50-55,61-66H,3-4,15,26-27,29-34H2,1-2H3;2*1H/t45?,46?,47-,48-,50?,51?,52-,53-,54?,55?;;/m1../s1. The van der Waals surface area contributed by atoms with Crippen LogP contribution in [0.2, 0.25) is 0 Å². The first-order valence-electron chi connectivity index (χ1n) is 25.2. The van der Waals surface area contributed by atoms with E-state index in [1.165, 1.54) is 0 Å². The molecule has 0 spiro atoms. The van der Waals surface area contributed by atoms with Gasteiger partial charge in [-0.3, -0.25) is 4.90 Å². The lowest BCUT2D eigenvalue weighted by Gasteiger charge is -2.40. The Bertz CT molecular complexity index is 2640. The average Bonchev–Trinajstić information content (AvgIpc) is 3.92. The molecule has 1 amide bonds. The van der Waals surface area contributed by atoms with Gasteiger partial charge >= 0.3 is 6.09 Å². The van der Waals surface area contributed by atoms with Crippen LogP contribution in [0.25, 0.3) is 22.2 Å². The highest BCUT2D eigenvalue weighted by Gasteiger charge is 2.42. The number of nitrogens with one attached hydrogen (secondary N) is 1. The Morgan fingerprint density at radius 2 is 1.27 bits per heavy atom. The van der Waals surface area contributed by atoms with Crippen molar-refractivity contribution in [1.29, 1.82) is 0 Å². The number of amides is 1. The van der Waals surface area contributed by atoms with Crippen LogP contribution >= 0.6 is 12.4 Å². The van der Waals surface area contributed by atoms with Gasteiger partial charge in [-0.15, -0.1) is 12.4 Å². The number of hydrogen-bond donors (Lipinski definition) is 7. The molecule has 3 heterocycles. The van der Waals surface area contributed by atoms with Gasteiger partial charge in [0.25, 0.3) is 5.82 Å². The number of benzene rings is 5. The molecule has 19 heteroatoms. The molecule has 2 aliphatic heterocycles. The van der Waals surface area contributed by atoms with E-state index in [1.54, 1.807) is 29.2 Å². The molecular formula is C56H68Cl2N4O13. The summed E-state index contributed by atoms with van der Waals surface area (Å²) in [5, 5.41) is 70.7. The fraction of sp³-hybridized carbons (Fsp3) is 0.429. The number of fused-ring (bicyclic) bond motifs is 4. The first kappa shape index (κ1) is 57.5. The number of ether oxygens (including phenoxy) is 6. The second-order valence-corrected chi connectivity index (χ2v) is 18.8. The number of imidazole rings is 1. The van der Waals surface area contributed by atoms with Gasteiger partial charge in [0.2, 0.25) is 0 Å². The Morgan fingerprint density at radius 1 is 0.747 bits per heavy atom. The van der Waals surface area contributed by atoms with Crippen LogP contribution in [-0.4, -0.2) is 141 Å². The van der Waals surface area contributed by atoms with Crippen molar-refractivity contribution in [3.8, 4) is 16.9 Å². The molecule has 10 atom stereocenters. The van der Waals surface area contributed by atoms with E-state index in [2.05, 4.69) is 45.6 Å². The fourth-order valence-electron chi connectivity index (χ4n) is 10.4. The summed E-state index contributed by atoms with van der Waals surface area (Å²) in [6.45, 7) is 5.61. The molecule has 0 saturated carbocycles. The molecule has 404 valence electrons. The maximum absolute atomic E-state index is 13.3. The van der Waals surface area contributed by atoms with Crippen molar-refractivity contribution < 1.29 is 80.8 Å². The number of hydrogen-bond acceptors (Lipinski definition) is 14. The van der Waals surface area contributed by atoms with Crippen LogP contribution in [0.15, 0.2) is 127 Å². The number of carbonyl (C=O) groups excluding carboxylic acids is 1. The second-order valence-electron chi connectivity index (χ2n) is 18.8. The lowest BCUT2D eigenvalue weighted by molar-refractivity contribution is -0.676. The normalized spacial score (nSPS) is 22.0. The van der Waals surface area contributed by atoms with Gasteiger partial charge in [0.05, 0.1) is 45.1 Å². The summed E-state index contributed by atoms with van der Waals surface area (Å²) in [5.41, 5.74) is 7.86. The van der Waals surface area contributed by atoms with Crippen LogP contribution in [0.5, 0.6) is 5.75 Å². The highest BCUT2D eigenvalue weighted by Crippen LogP contribution is 2.44. The second kappa shape index (κ2) is 26.7. The highest BCUT2D eigenvalue weighted by molar-refractivity contribution is 5.85. The minimum Gasteiger partial charge on any atom is -1.00 e. The molecule has 3 aliphatic rings. The zero-order chi connectivity index (χ0) is 51.0. The number of carbonyl (C=O) groups is 1. The number of aromatic nitrogens is 2. The Hall–Kier alpha value is -5.22. The molecule has 5 aromatic carbocycles. The number of rotatable bonds is 21. The third kappa shape index (κ3) is 13.1. The maximum Gasteiger partial charge on any atom is 0.407 e. The van der Waals surface area contributed by atoms with Crippen LogP contribution in [-0.2, 0) is 43.3 Å². The van der Waals surface area contributed by atoms with Gasteiger partial charge in [-0.1, -0.05) is 109 Å². The van der Waals surface area contributed by atoms with Crippen molar-refractivity contribution in [2.24, 2.45) is 0 Å². The summed E-state index contributed by atoms with van der Waals surface area (Å²) >= 11 is 0. The van der Waals surface area contributed by atoms with Gasteiger partial charge in [0.1, 0.15) is 55.5 Å². The Labute approximate surface area is 449 Å². The van der Waals surface area contributed by atoms with Gasteiger partial charge in [-0.2, -0.15) is 0 Å². The number of alkyl carbamates (subject to hydrolysis) is 1. The van der Waals surface area contributed by atoms with E-state index in [1.807, 2.05) is 85.8 Å². The number of halogens is 2. The average molecular weight is 1080 g/mol. The smallest absolute Gasteiger partial charge is 0.407 e. The van der Waals surface area contributed by atoms with Gasteiger partial charge < -0.3 is 76.8 Å². The first-order valence-corrected chi connectivity index (χ1v) is 25.2.